The Kier molecular flexibility index (Phi) is 4.23. The average Bonchev–Trinajstić information content (AvgIpc) is 2.48. The van der Waals surface area contributed by atoms with E-state index in [2.05, 4.69) is 20.2 Å². The first kappa shape index (κ1) is 12.8. The summed E-state index contributed by atoms with van der Waals surface area (Å²) in [6.45, 7) is 0. The number of carbonyl (C=O) groups excluding carboxylic acids is 1. The molecule has 0 spiro atoms. The number of hydrogen-bond acceptors (Lipinski definition) is 4. The van der Waals surface area contributed by atoms with E-state index >= 15 is 0 Å². The molecule has 19 heavy (non-hydrogen) atoms. The van der Waals surface area contributed by atoms with Crippen molar-refractivity contribution < 1.29 is 9.53 Å². The smallest absolute Gasteiger partial charge is 0.427 e. The molecule has 0 unspecified atom stereocenters. The molecule has 5 nitrogen and oxygen atoms in total. The third-order valence-electron chi connectivity index (χ3n) is 2.43. The van der Waals surface area contributed by atoms with E-state index in [0.717, 1.165) is 16.8 Å². The molecule has 1 aromatic carbocycles. The fraction of sp³-hybridized carbons (Fsp3) is 0.0714. The number of hydrazone groups is 1. The van der Waals surface area contributed by atoms with Crippen molar-refractivity contribution in [2.24, 2.45) is 5.10 Å². The number of ether oxygens (including phenoxy) is 1. The minimum atomic E-state index is -0.596. The highest BCUT2D eigenvalue weighted by Gasteiger charge is 1.97. The molecule has 0 bridgehead atoms. The number of aromatic nitrogens is 1. The van der Waals surface area contributed by atoms with Crippen LogP contribution >= 0.6 is 0 Å². The molecule has 96 valence electrons. The summed E-state index contributed by atoms with van der Waals surface area (Å²) < 4.78 is 4.39. The van der Waals surface area contributed by atoms with Gasteiger partial charge in [-0.1, -0.05) is 30.3 Å². The van der Waals surface area contributed by atoms with Crippen molar-refractivity contribution in [1.29, 1.82) is 0 Å². The van der Waals surface area contributed by atoms with Crippen LogP contribution in [0.4, 0.5) is 4.79 Å². The highest BCUT2D eigenvalue weighted by molar-refractivity contribution is 5.81. The standard InChI is InChI=1S/C14H13N3O2/c1-19-14(18)17-16-10-11-5-7-12(8-6-11)13-4-2-3-9-15-13/h2-10H,1H3,(H,17,18)/b16-10+. The van der Waals surface area contributed by atoms with E-state index in [1.807, 2.05) is 42.5 Å². The quantitative estimate of drug-likeness (QED) is 0.676. The van der Waals surface area contributed by atoms with Crippen molar-refractivity contribution in [3.05, 3.63) is 54.2 Å². The highest BCUT2D eigenvalue weighted by atomic mass is 16.5. The molecule has 0 atom stereocenters. The van der Waals surface area contributed by atoms with Gasteiger partial charge in [0.15, 0.2) is 0 Å². The summed E-state index contributed by atoms with van der Waals surface area (Å²) in [6, 6.07) is 13.4. The number of rotatable bonds is 3. The Bertz CT molecular complexity index is 565. The van der Waals surface area contributed by atoms with E-state index in [1.165, 1.54) is 7.11 Å². The molecule has 0 aliphatic carbocycles. The Morgan fingerprint density at radius 2 is 2.05 bits per heavy atom. The summed E-state index contributed by atoms with van der Waals surface area (Å²) in [5, 5.41) is 3.75. The van der Waals surface area contributed by atoms with Crippen molar-refractivity contribution in [1.82, 2.24) is 10.4 Å². The minimum absolute atomic E-state index is 0.596. The fourth-order valence-electron chi connectivity index (χ4n) is 1.48. The first-order valence-electron chi connectivity index (χ1n) is 5.68. The topological polar surface area (TPSA) is 63.6 Å². The number of pyridine rings is 1. The van der Waals surface area contributed by atoms with Crippen molar-refractivity contribution in [2.45, 2.75) is 0 Å². The van der Waals surface area contributed by atoms with E-state index in [9.17, 15) is 4.79 Å². The molecule has 1 N–H and O–H groups in total. The molecule has 1 aromatic heterocycles. The van der Waals surface area contributed by atoms with Gasteiger partial charge in [0, 0.05) is 11.8 Å². The minimum Gasteiger partial charge on any atom is -0.452 e. The third kappa shape index (κ3) is 3.64. The van der Waals surface area contributed by atoms with Gasteiger partial charge in [0.2, 0.25) is 0 Å². The maximum Gasteiger partial charge on any atom is 0.427 e. The lowest BCUT2D eigenvalue weighted by Crippen LogP contribution is -2.16. The monoisotopic (exact) mass is 255 g/mol. The molecule has 1 heterocycles. The van der Waals surface area contributed by atoms with Gasteiger partial charge in [-0.05, 0) is 17.7 Å². The second-order valence-corrected chi connectivity index (χ2v) is 3.70. The van der Waals surface area contributed by atoms with Crippen LogP contribution in [0.25, 0.3) is 11.3 Å². The van der Waals surface area contributed by atoms with Crippen molar-refractivity contribution in [3.63, 3.8) is 0 Å². The predicted octanol–water partition coefficient (Wildman–Crippen LogP) is 2.44. The van der Waals surface area contributed by atoms with Crippen LogP contribution in [0.2, 0.25) is 0 Å². The molecule has 0 aliphatic heterocycles. The third-order valence-corrected chi connectivity index (χ3v) is 2.43. The Morgan fingerprint density at radius 1 is 1.26 bits per heavy atom. The van der Waals surface area contributed by atoms with Gasteiger partial charge in [-0.3, -0.25) is 4.98 Å². The molecule has 1 amide bonds. The molecule has 0 saturated heterocycles. The Hall–Kier alpha value is -2.69. The molecular weight excluding hydrogens is 242 g/mol. The second kappa shape index (κ2) is 6.30. The second-order valence-electron chi connectivity index (χ2n) is 3.70. The molecule has 0 fully saturated rings. The molecule has 5 heteroatoms. The van der Waals surface area contributed by atoms with Gasteiger partial charge in [-0.15, -0.1) is 0 Å². The number of benzene rings is 1. The van der Waals surface area contributed by atoms with Crippen LogP contribution in [0.3, 0.4) is 0 Å². The number of methoxy groups -OCH3 is 1. The summed E-state index contributed by atoms with van der Waals surface area (Å²) in [6.07, 6.45) is 2.70. The van der Waals surface area contributed by atoms with Crippen LogP contribution < -0.4 is 5.43 Å². The Labute approximate surface area is 110 Å². The van der Waals surface area contributed by atoms with Gasteiger partial charge in [0.1, 0.15) is 0 Å². The molecule has 2 rings (SSSR count). The Balaban J connectivity index is 2.05. The molecule has 0 saturated carbocycles. The van der Waals surface area contributed by atoms with E-state index in [0.29, 0.717) is 0 Å². The largest absolute Gasteiger partial charge is 0.452 e. The Morgan fingerprint density at radius 3 is 2.68 bits per heavy atom. The first-order valence-corrected chi connectivity index (χ1v) is 5.68. The molecule has 0 radical (unpaired) electrons. The number of nitrogens with one attached hydrogen (secondary N) is 1. The SMILES string of the molecule is COC(=O)N/N=C/c1ccc(-c2ccccn2)cc1. The lowest BCUT2D eigenvalue weighted by atomic mass is 10.1. The van der Waals surface area contributed by atoms with E-state index in [-0.39, 0.29) is 0 Å². The van der Waals surface area contributed by atoms with Crippen molar-refractivity contribution >= 4 is 12.3 Å². The molecule has 2 aromatic rings. The summed E-state index contributed by atoms with van der Waals surface area (Å²) in [4.78, 5) is 15.1. The van der Waals surface area contributed by atoms with Crippen LogP contribution in [-0.4, -0.2) is 24.4 Å². The normalized spacial score (nSPS) is 10.4. The average molecular weight is 255 g/mol. The summed E-state index contributed by atoms with van der Waals surface area (Å²) >= 11 is 0. The highest BCUT2D eigenvalue weighted by Crippen LogP contribution is 2.16. The summed E-state index contributed by atoms with van der Waals surface area (Å²) in [5.74, 6) is 0. The lowest BCUT2D eigenvalue weighted by Gasteiger charge is -2.00. The number of nitrogens with zero attached hydrogens (tertiary/aromatic N) is 2. The van der Waals surface area contributed by atoms with Crippen LogP contribution in [-0.2, 0) is 4.74 Å². The van der Waals surface area contributed by atoms with Gasteiger partial charge in [-0.25, -0.2) is 10.2 Å². The van der Waals surface area contributed by atoms with Crippen LogP contribution in [0, 0.1) is 0 Å². The van der Waals surface area contributed by atoms with Crippen LogP contribution in [0.5, 0.6) is 0 Å². The fourth-order valence-corrected chi connectivity index (χ4v) is 1.48. The summed E-state index contributed by atoms with van der Waals surface area (Å²) in [7, 11) is 1.28. The maximum atomic E-state index is 10.8. The molecular formula is C14H13N3O2. The zero-order valence-electron chi connectivity index (χ0n) is 10.4. The predicted molar refractivity (Wildman–Crippen MR) is 72.8 cm³/mol. The van der Waals surface area contributed by atoms with Crippen molar-refractivity contribution in [3.8, 4) is 11.3 Å². The van der Waals surface area contributed by atoms with Gasteiger partial charge in [-0.2, -0.15) is 5.10 Å². The number of hydrogen-bond donors (Lipinski definition) is 1. The van der Waals surface area contributed by atoms with E-state index in [1.54, 1.807) is 12.4 Å². The number of amides is 1. The van der Waals surface area contributed by atoms with Crippen molar-refractivity contribution in [2.75, 3.05) is 7.11 Å². The summed E-state index contributed by atoms with van der Waals surface area (Å²) in [5.41, 5.74) is 5.04. The van der Waals surface area contributed by atoms with Gasteiger partial charge in [0.25, 0.3) is 0 Å². The zero-order chi connectivity index (χ0) is 13.5. The van der Waals surface area contributed by atoms with E-state index < -0.39 is 6.09 Å². The first-order chi connectivity index (χ1) is 9.29. The van der Waals surface area contributed by atoms with Gasteiger partial charge in [0.05, 0.1) is 19.0 Å². The zero-order valence-corrected chi connectivity index (χ0v) is 10.4. The van der Waals surface area contributed by atoms with Crippen LogP contribution in [0.15, 0.2) is 53.8 Å². The number of carbonyl (C=O) groups is 1. The van der Waals surface area contributed by atoms with Gasteiger partial charge >= 0.3 is 6.09 Å². The van der Waals surface area contributed by atoms with Gasteiger partial charge < -0.3 is 4.74 Å². The van der Waals surface area contributed by atoms with Crippen LogP contribution in [0.1, 0.15) is 5.56 Å². The lowest BCUT2D eigenvalue weighted by molar-refractivity contribution is 0.171. The maximum absolute atomic E-state index is 10.8. The molecule has 0 aliphatic rings. The van der Waals surface area contributed by atoms with E-state index in [4.69, 9.17) is 0 Å².